The number of amides is 1. The molecule has 0 radical (unpaired) electrons. The summed E-state index contributed by atoms with van der Waals surface area (Å²) in [7, 11) is 0. The second-order valence-electron chi connectivity index (χ2n) is 7.79. The molecule has 3 aromatic rings. The van der Waals surface area contributed by atoms with Gasteiger partial charge in [-0.25, -0.2) is 9.37 Å². The molecule has 1 aromatic carbocycles. The first-order valence-electron chi connectivity index (χ1n) is 10.3. The molecule has 0 spiro atoms. The Morgan fingerprint density at radius 3 is 2.47 bits per heavy atom. The number of pyridine rings is 1. The lowest BCUT2D eigenvalue weighted by Crippen LogP contribution is -2.16. The number of nitrogens with zero attached hydrogens (tertiary/aromatic N) is 3. The minimum absolute atomic E-state index is 0.0388. The molecule has 166 valence electrons. The van der Waals surface area contributed by atoms with Crippen molar-refractivity contribution in [1.82, 2.24) is 15.2 Å². The Hall–Kier alpha value is -3.82. The molecule has 9 nitrogen and oxygen atoms in total. The number of aromatic nitrogens is 3. The van der Waals surface area contributed by atoms with Gasteiger partial charge in [0.25, 0.3) is 0 Å². The lowest BCUT2D eigenvalue weighted by atomic mass is 9.77. The van der Waals surface area contributed by atoms with Crippen LogP contribution in [0.4, 0.5) is 21.9 Å². The van der Waals surface area contributed by atoms with Gasteiger partial charge >= 0.3 is 23.8 Å². The molecule has 2 aromatic heterocycles. The second-order valence-corrected chi connectivity index (χ2v) is 7.79. The Labute approximate surface area is 183 Å². The molecule has 0 atom stereocenters. The van der Waals surface area contributed by atoms with Crippen LogP contribution in [0, 0.1) is 11.7 Å². The summed E-state index contributed by atoms with van der Waals surface area (Å²) in [6, 6.07) is 10.2. The Morgan fingerprint density at radius 1 is 1.06 bits per heavy atom. The molecular formula is C22H22FN5O4. The first-order chi connectivity index (χ1) is 15.5. The number of anilines is 3. The van der Waals surface area contributed by atoms with E-state index in [9.17, 15) is 14.0 Å². The van der Waals surface area contributed by atoms with Gasteiger partial charge in [0, 0.05) is 12.1 Å². The second kappa shape index (κ2) is 9.54. The maximum atomic E-state index is 12.9. The number of hydrogen-bond acceptors (Lipinski definition) is 7. The van der Waals surface area contributed by atoms with Gasteiger partial charge in [0.1, 0.15) is 11.6 Å². The minimum atomic E-state index is -0.732. The Balaban J connectivity index is 1.31. The number of rotatable bonds is 7. The van der Waals surface area contributed by atoms with Crippen LogP contribution in [0.5, 0.6) is 0 Å². The molecule has 10 heteroatoms. The number of carboxylic acid groups (broad SMARTS) is 1. The average Bonchev–Trinajstić information content (AvgIpc) is 3.25. The summed E-state index contributed by atoms with van der Waals surface area (Å²) in [4.78, 5) is 27.1. The maximum Gasteiger partial charge on any atom is 0.321 e. The molecule has 1 fully saturated rings. The van der Waals surface area contributed by atoms with E-state index in [0.29, 0.717) is 17.4 Å². The van der Waals surface area contributed by atoms with Crippen LogP contribution in [0.1, 0.15) is 54.3 Å². The number of benzene rings is 1. The Morgan fingerprint density at radius 2 is 1.81 bits per heavy atom. The molecule has 1 saturated carbocycles. The van der Waals surface area contributed by atoms with Crippen molar-refractivity contribution in [1.29, 1.82) is 0 Å². The van der Waals surface area contributed by atoms with Gasteiger partial charge in [0.05, 0.1) is 6.20 Å². The van der Waals surface area contributed by atoms with Crippen molar-refractivity contribution in [2.24, 2.45) is 5.92 Å². The number of carbonyl (C=O) groups is 2. The monoisotopic (exact) mass is 439 g/mol. The molecule has 0 bridgehead atoms. The van der Waals surface area contributed by atoms with Crippen LogP contribution in [0.3, 0.4) is 0 Å². The molecule has 0 saturated heterocycles. The number of aliphatic carboxylic acids is 1. The number of halogens is 1. The fourth-order valence-corrected chi connectivity index (χ4v) is 3.89. The fourth-order valence-electron chi connectivity index (χ4n) is 3.89. The SMILES string of the molecule is O=C(O)CC1CCC(c2ccc(NC(=O)c3nnc(Nc4ccc(F)cn4)o3)cc2)CC1. The third kappa shape index (κ3) is 5.45. The third-order valence-corrected chi connectivity index (χ3v) is 5.53. The van der Waals surface area contributed by atoms with E-state index in [-0.39, 0.29) is 24.2 Å². The van der Waals surface area contributed by atoms with Crippen LogP contribution in [0.25, 0.3) is 0 Å². The highest BCUT2D eigenvalue weighted by atomic mass is 19.1. The predicted octanol–water partition coefficient (Wildman–Crippen LogP) is 4.35. The Bertz CT molecular complexity index is 1080. The molecule has 32 heavy (non-hydrogen) atoms. The summed E-state index contributed by atoms with van der Waals surface area (Å²) in [5, 5.41) is 21.8. The molecule has 1 aliphatic rings. The van der Waals surface area contributed by atoms with Crippen molar-refractivity contribution in [3.8, 4) is 0 Å². The van der Waals surface area contributed by atoms with Crippen LogP contribution in [0.2, 0.25) is 0 Å². The van der Waals surface area contributed by atoms with Crippen LogP contribution < -0.4 is 10.6 Å². The quantitative estimate of drug-likeness (QED) is 0.495. The van der Waals surface area contributed by atoms with E-state index in [1.54, 1.807) is 0 Å². The number of hydrogen-bond donors (Lipinski definition) is 3. The van der Waals surface area contributed by atoms with Gasteiger partial charge in [-0.2, -0.15) is 0 Å². The normalized spacial score (nSPS) is 18.2. The smallest absolute Gasteiger partial charge is 0.321 e. The maximum absolute atomic E-state index is 12.9. The molecule has 1 aliphatic carbocycles. The lowest BCUT2D eigenvalue weighted by Gasteiger charge is -2.28. The first kappa shape index (κ1) is 21.4. The summed E-state index contributed by atoms with van der Waals surface area (Å²) >= 11 is 0. The molecule has 2 heterocycles. The van der Waals surface area contributed by atoms with Crippen LogP contribution in [0.15, 0.2) is 47.0 Å². The van der Waals surface area contributed by atoms with Crippen molar-refractivity contribution in [3.63, 3.8) is 0 Å². The molecule has 1 amide bonds. The van der Waals surface area contributed by atoms with Crippen molar-refractivity contribution in [2.45, 2.75) is 38.0 Å². The highest BCUT2D eigenvalue weighted by molar-refractivity contribution is 6.00. The van der Waals surface area contributed by atoms with E-state index in [0.717, 1.165) is 31.9 Å². The van der Waals surface area contributed by atoms with E-state index in [4.69, 9.17) is 9.52 Å². The van der Waals surface area contributed by atoms with Gasteiger partial charge in [-0.1, -0.05) is 17.2 Å². The standard InChI is InChI=1S/C22H22FN5O4/c23-16-7-10-18(24-12-16)26-22-28-27-21(32-22)20(31)25-17-8-5-15(6-9-17)14-3-1-13(2-4-14)11-19(29)30/h5-10,12-14H,1-4,11H2,(H,25,31)(H,29,30)(H,24,26,28). The topological polar surface area (TPSA) is 130 Å². The van der Waals surface area contributed by atoms with Gasteiger partial charge in [-0.05, 0) is 67.3 Å². The molecule has 0 unspecified atom stereocenters. The van der Waals surface area contributed by atoms with E-state index >= 15 is 0 Å². The van der Waals surface area contributed by atoms with Crippen LogP contribution in [-0.2, 0) is 4.79 Å². The largest absolute Gasteiger partial charge is 0.481 e. The van der Waals surface area contributed by atoms with Crippen molar-refractivity contribution in [2.75, 3.05) is 10.6 Å². The van der Waals surface area contributed by atoms with E-state index in [2.05, 4.69) is 25.8 Å². The highest BCUT2D eigenvalue weighted by Crippen LogP contribution is 2.37. The predicted molar refractivity (Wildman–Crippen MR) is 113 cm³/mol. The highest BCUT2D eigenvalue weighted by Gasteiger charge is 2.24. The molecule has 0 aliphatic heterocycles. The zero-order chi connectivity index (χ0) is 22.5. The van der Waals surface area contributed by atoms with E-state index < -0.39 is 17.7 Å². The van der Waals surface area contributed by atoms with Gasteiger partial charge in [-0.15, -0.1) is 5.10 Å². The molecule has 4 rings (SSSR count). The summed E-state index contributed by atoms with van der Waals surface area (Å²) in [5.74, 6) is -1.03. The molecular weight excluding hydrogens is 417 g/mol. The summed E-state index contributed by atoms with van der Waals surface area (Å²) in [6.45, 7) is 0. The zero-order valence-electron chi connectivity index (χ0n) is 17.1. The van der Waals surface area contributed by atoms with Gasteiger partial charge < -0.3 is 14.8 Å². The van der Waals surface area contributed by atoms with Gasteiger partial charge in [0.2, 0.25) is 0 Å². The van der Waals surface area contributed by atoms with Crippen molar-refractivity contribution >= 4 is 29.4 Å². The minimum Gasteiger partial charge on any atom is -0.481 e. The van der Waals surface area contributed by atoms with E-state index in [1.165, 1.54) is 17.7 Å². The van der Waals surface area contributed by atoms with Gasteiger partial charge in [0.15, 0.2) is 0 Å². The number of nitrogens with one attached hydrogen (secondary N) is 2. The average molecular weight is 439 g/mol. The third-order valence-electron chi connectivity index (χ3n) is 5.53. The summed E-state index contributed by atoms with van der Waals surface area (Å²) in [6.07, 6.45) is 5.03. The van der Waals surface area contributed by atoms with Crippen molar-refractivity contribution < 1.29 is 23.5 Å². The Kier molecular flexibility index (Phi) is 6.39. The van der Waals surface area contributed by atoms with E-state index in [1.807, 2.05) is 24.3 Å². The first-order valence-corrected chi connectivity index (χ1v) is 10.3. The summed E-state index contributed by atoms with van der Waals surface area (Å²) in [5.41, 5.74) is 1.76. The van der Waals surface area contributed by atoms with Gasteiger partial charge in [-0.3, -0.25) is 14.9 Å². The zero-order valence-corrected chi connectivity index (χ0v) is 17.1. The summed E-state index contributed by atoms with van der Waals surface area (Å²) < 4.78 is 18.2. The van der Waals surface area contributed by atoms with Crippen molar-refractivity contribution in [3.05, 3.63) is 59.9 Å². The fraction of sp³-hybridized carbons (Fsp3) is 0.318. The number of carboxylic acids is 1. The molecule has 3 N–H and O–H groups in total. The lowest BCUT2D eigenvalue weighted by molar-refractivity contribution is -0.138. The van der Waals surface area contributed by atoms with Crippen LogP contribution >= 0.6 is 0 Å². The number of carbonyl (C=O) groups excluding carboxylic acids is 1. The van der Waals surface area contributed by atoms with Crippen LogP contribution in [-0.4, -0.2) is 32.2 Å².